The summed E-state index contributed by atoms with van der Waals surface area (Å²) < 4.78 is 5.66. The fraction of sp³-hybridized carbons (Fsp3) is 0.667. The van der Waals surface area contributed by atoms with Crippen LogP contribution in [0.3, 0.4) is 0 Å². The summed E-state index contributed by atoms with van der Waals surface area (Å²) in [5.74, 6) is 1.95. The molecule has 0 saturated heterocycles. The molecule has 0 bridgehead atoms. The maximum atomic E-state index is 5.66. The largest absolute Gasteiger partial charge is 0.496 e. The van der Waals surface area contributed by atoms with Gasteiger partial charge >= 0.3 is 0 Å². The molecule has 1 saturated carbocycles. The van der Waals surface area contributed by atoms with Gasteiger partial charge in [0, 0.05) is 11.6 Å². The van der Waals surface area contributed by atoms with Crippen molar-refractivity contribution in [2.45, 2.75) is 58.9 Å². The number of ether oxygens (including phenoxy) is 1. The van der Waals surface area contributed by atoms with E-state index in [0.29, 0.717) is 6.04 Å². The molecule has 1 aliphatic rings. The first-order valence-corrected chi connectivity index (χ1v) is 8.04. The molecular weight excluding hydrogens is 246 g/mol. The summed E-state index contributed by atoms with van der Waals surface area (Å²) >= 11 is 0. The lowest BCUT2D eigenvalue weighted by molar-refractivity contribution is 0.258. The molecule has 0 radical (unpaired) electrons. The third kappa shape index (κ3) is 3.54. The predicted molar refractivity (Wildman–Crippen MR) is 85.5 cm³/mol. The molecule has 1 aromatic rings. The standard InChI is InChI=1S/C18H29NO/c1-5-9-19-16(12-15-7-6-8-15)18-14(3)10-13(2)11-17(18)20-4/h10-11,15-16,19H,5-9,12H2,1-4H3. The molecular formula is C18H29NO. The summed E-state index contributed by atoms with van der Waals surface area (Å²) in [5.41, 5.74) is 4.01. The molecule has 1 atom stereocenters. The minimum absolute atomic E-state index is 0.441. The maximum Gasteiger partial charge on any atom is 0.124 e. The Morgan fingerprint density at radius 1 is 1.30 bits per heavy atom. The SMILES string of the molecule is CCCNC(CC1CCC1)c1c(C)cc(C)cc1OC. The highest BCUT2D eigenvalue weighted by molar-refractivity contribution is 5.45. The van der Waals surface area contributed by atoms with Gasteiger partial charge in [-0.3, -0.25) is 0 Å². The molecule has 1 aromatic carbocycles. The van der Waals surface area contributed by atoms with E-state index in [1.807, 2.05) is 0 Å². The number of hydrogen-bond donors (Lipinski definition) is 1. The Hall–Kier alpha value is -1.02. The first kappa shape index (κ1) is 15.4. The van der Waals surface area contributed by atoms with Crippen LogP contribution in [0.4, 0.5) is 0 Å². The summed E-state index contributed by atoms with van der Waals surface area (Å²) in [4.78, 5) is 0. The molecule has 1 aliphatic carbocycles. The number of benzene rings is 1. The van der Waals surface area contributed by atoms with Crippen molar-refractivity contribution in [3.8, 4) is 5.75 Å². The summed E-state index contributed by atoms with van der Waals surface area (Å²) in [6, 6.07) is 4.89. The van der Waals surface area contributed by atoms with Crippen molar-refractivity contribution in [3.05, 3.63) is 28.8 Å². The lowest BCUT2D eigenvalue weighted by Gasteiger charge is -2.32. The second-order valence-corrected chi connectivity index (χ2v) is 6.24. The lowest BCUT2D eigenvalue weighted by atomic mass is 9.79. The molecule has 1 fully saturated rings. The summed E-state index contributed by atoms with van der Waals surface area (Å²) in [7, 11) is 1.79. The van der Waals surface area contributed by atoms with Crippen LogP contribution in [0.25, 0.3) is 0 Å². The summed E-state index contributed by atoms with van der Waals surface area (Å²) in [6.45, 7) is 7.66. The van der Waals surface area contributed by atoms with Gasteiger partial charge in [-0.25, -0.2) is 0 Å². The first-order valence-electron chi connectivity index (χ1n) is 8.04. The summed E-state index contributed by atoms with van der Waals surface area (Å²) in [5, 5.41) is 3.74. The van der Waals surface area contributed by atoms with Gasteiger partial charge in [0.25, 0.3) is 0 Å². The number of aryl methyl sites for hydroxylation is 2. The van der Waals surface area contributed by atoms with E-state index < -0.39 is 0 Å². The van der Waals surface area contributed by atoms with Crippen LogP contribution in [0.1, 0.15) is 61.8 Å². The molecule has 112 valence electrons. The number of nitrogens with one attached hydrogen (secondary N) is 1. The van der Waals surface area contributed by atoms with E-state index in [1.165, 1.54) is 48.8 Å². The van der Waals surface area contributed by atoms with Crippen molar-refractivity contribution in [2.24, 2.45) is 5.92 Å². The van der Waals surface area contributed by atoms with Crippen molar-refractivity contribution in [3.63, 3.8) is 0 Å². The Balaban J connectivity index is 2.25. The van der Waals surface area contributed by atoms with Gasteiger partial charge in [-0.1, -0.05) is 32.3 Å². The topological polar surface area (TPSA) is 21.3 Å². The zero-order chi connectivity index (χ0) is 14.5. The number of hydrogen-bond acceptors (Lipinski definition) is 2. The van der Waals surface area contributed by atoms with Crippen molar-refractivity contribution >= 4 is 0 Å². The molecule has 0 aliphatic heterocycles. The van der Waals surface area contributed by atoms with Gasteiger partial charge in [0.2, 0.25) is 0 Å². The van der Waals surface area contributed by atoms with E-state index >= 15 is 0 Å². The van der Waals surface area contributed by atoms with Crippen LogP contribution >= 0.6 is 0 Å². The smallest absolute Gasteiger partial charge is 0.124 e. The van der Waals surface area contributed by atoms with Gasteiger partial charge in [0.05, 0.1) is 7.11 Å². The molecule has 2 heteroatoms. The van der Waals surface area contributed by atoms with Crippen LogP contribution in [0, 0.1) is 19.8 Å². The second kappa shape index (κ2) is 7.12. The van der Waals surface area contributed by atoms with Crippen LogP contribution in [-0.4, -0.2) is 13.7 Å². The normalized spacial score (nSPS) is 16.8. The molecule has 0 heterocycles. The van der Waals surface area contributed by atoms with Crippen LogP contribution in [0.5, 0.6) is 5.75 Å². The van der Waals surface area contributed by atoms with Crippen LogP contribution in [0.2, 0.25) is 0 Å². The maximum absolute atomic E-state index is 5.66. The zero-order valence-corrected chi connectivity index (χ0v) is 13.5. The van der Waals surface area contributed by atoms with E-state index in [9.17, 15) is 0 Å². The van der Waals surface area contributed by atoms with Crippen LogP contribution in [0.15, 0.2) is 12.1 Å². The Bertz CT molecular complexity index is 437. The highest BCUT2D eigenvalue weighted by Crippen LogP contribution is 2.39. The number of methoxy groups -OCH3 is 1. The van der Waals surface area contributed by atoms with E-state index in [-0.39, 0.29) is 0 Å². The van der Waals surface area contributed by atoms with Crippen molar-refractivity contribution < 1.29 is 4.74 Å². The molecule has 1 unspecified atom stereocenters. The van der Waals surface area contributed by atoms with E-state index in [2.05, 4.69) is 38.2 Å². The van der Waals surface area contributed by atoms with Gasteiger partial charge < -0.3 is 10.1 Å². The predicted octanol–water partition coefficient (Wildman–Crippen LogP) is 4.54. The zero-order valence-electron chi connectivity index (χ0n) is 13.5. The molecule has 1 N–H and O–H groups in total. The average Bonchev–Trinajstić information content (AvgIpc) is 2.37. The second-order valence-electron chi connectivity index (χ2n) is 6.24. The monoisotopic (exact) mass is 275 g/mol. The Labute approximate surface area is 123 Å². The van der Waals surface area contributed by atoms with Crippen molar-refractivity contribution in [2.75, 3.05) is 13.7 Å². The summed E-state index contributed by atoms with van der Waals surface area (Å²) in [6.07, 6.45) is 6.64. The minimum Gasteiger partial charge on any atom is -0.496 e. The van der Waals surface area contributed by atoms with Gasteiger partial charge in [-0.2, -0.15) is 0 Å². The number of rotatable bonds is 7. The van der Waals surface area contributed by atoms with E-state index in [0.717, 1.165) is 18.2 Å². The highest BCUT2D eigenvalue weighted by Gasteiger charge is 2.25. The third-order valence-electron chi connectivity index (χ3n) is 4.50. The van der Waals surface area contributed by atoms with Gasteiger partial charge in [-0.05, 0) is 56.3 Å². The highest BCUT2D eigenvalue weighted by atomic mass is 16.5. The molecule has 0 aromatic heterocycles. The van der Waals surface area contributed by atoms with Gasteiger partial charge in [0.15, 0.2) is 0 Å². The molecule has 0 amide bonds. The van der Waals surface area contributed by atoms with Crippen molar-refractivity contribution in [1.82, 2.24) is 5.32 Å². The molecule has 0 spiro atoms. The van der Waals surface area contributed by atoms with Crippen LogP contribution < -0.4 is 10.1 Å². The Morgan fingerprint density at radius 2 is 2.05 bits per heavy atom. The molecule has 2 rings (SSSR count). The van der Waals surface area contributed by atoms with Crippen molar-refractivity contribution in [1.29, 1.82) is 0 Å². The van der Waals surface area contributed by atoms with Gasteiger partial charge in [-0.15, -0.1) is 0 Å². The Kier molecular flexibility index (Phi) is 5.47. The molecule has 20 heavy (non-hydrogen) atoms. The fourth-order valence-corrected chi connectivity index (χ4v) is 3.24. The fourth-order valence-electron chi connectivity index (χ4n) is 3.24. The van der Waals surface area contributed by atoms with Gasteiger partial charge in [0.1, 0.15) is 5.75 Å². The molecule has 2 nitrogen and oxygen atoms in total. The lowest BCUT2D eigenvalue weighted by Crippen LogP contribution is -2.27. The minimum atomic E-state index is 0.441. The average molecular weight is 275 g/mol. The van der Waals surface area contributed by atoms with E-state index in [1.54, 1.807) is 7.11 Å². The van der Waals surface area contributed by atoms with E-state index in [4.69, 9.17) is 4.74 Å². The van der Waals surface area contributed by atoms with Crippen LogP contribution in [-0.2, 0) is 0 Å². The third-order valence-corrected chi connectivity index (χ3v) is 4.50. The first-order chi connectivity index (χ1) is 9.65. The Morgan fingerprint density at radius 3 is 2.60 bits per heavy atom. The quantitative estimate of drug-likeness (QED) is 0.788.